The van der Waals surface area contributed by atoms with Crippen molar-refractivity contribution in [3.8, 4) is 0 Å². The number of aromatic nitrogens is 3. The van der Waals surface area contributed by atoms with Crippen molar-refractivity contribution < 1.29 is 4.79 Å². The molecule has 1 amide bonds. The van der Waals surface area contributed by atoms with Crippen molar-refractivity contribution in [2.45, 2.75) is 18.9 Å². The van der Waals surface area contributed by atoms with E-state index >= 15 is 0 Å². The fraction of sp³-hybridized carbons (Fsp3) is 0.300. The van der Waals surface area contributed by atoms with E-state index in [0.29, 0.717) is 36.0 Å². The molecular formula is C20H22N4O3S. The Morgan fingerprint density at radius 3 is 2.71 bits per heavy atom. The molecule has 0 bridgehead atoms. The maximum absolute atomic E-state index is 12.9. The third kappa shape index (κ3) is 4.51. The number of benzene rings is 1. The Hall–Kier alpha value is -2.87. The number of nitrogens with one attached hydrogen (secondary N) is 2. The highest BCUT2D eigenvalue weighted by Crippen LogP contribution is 2.13. The number of aromatic amines is 1. The minimum Gasteiger partial charge on any atom is -0.354 e. The van der Waals surface area contributed by atoms with Crippen molar-refractivity contribution in [2.75, 3.05) is 18.6 Å². The van der Waals surface area contributed by atoms with E-state index in [1.165, 1.54) is 0 Å². The molecule has 0 radical (unpaired) electrons. The van der Waals surface area contributed by atoms with E-state index in [0.717, 1.165) is 10.1 Å². The SMILES string of the molecule is CSCCC(C(=O)NCCc1ccncc1)n1c(=O)[nH]c2ccccc2c1=O. The molecule has 1 atom stereocenters. The van der Waals surface area contributed by atoms with Gasteiger partial charge in [0, 0.05) is 18.9 Å². The Morgan fingerprint density at radius 1 is 1.21 bits per heavy atom. The van der Waals surface area contributed by atoms with Crippen LogP contribution in [0.5, 0.6) is 0 Å². The molecule has 0 saturated carbocycles. The van der Waals surface area contributed by atoms with Crippen molar-refractivity contribution in [1.29, 1.82) is 0 Å². The average molecular weight is 398 g/mol. The minimum absolute atomic E-state index is 0.328. The molecule has 0 aliphatic carbocycles. The Labute approximate surface area is 166 Å². The van der Waals surface area contributed by atoms with E-state index in [-0.39, 0.29) is 5.91 Å². The van der Waals surface area contributed by atoms with Crippen LogP contribution in [-0.2, 0) is 11.2 Å². The number of para-hydroxylation sites is 1. The summed E-state index contributed by atoms with van der Waals surface area (Å²) in [6, 6.07) is 9.72. The monoisotopic (exact) mass is 398 g/mol. The highest BCUT2D eigenvalue weighted by Gasteiger charge is 2.24. The van der Waals surface area contributed by atoms with Gasteiger partial charge in [-0.1, -0.05) is 12.1 Å². The van der Waals surface area contributed by atoms with Crippen LogP contribution in [-0.4, -0.2) is 39.0 Å². The quantitative estimate of drug-likeness (QED) is 0.602. The maximum atomic E-state index is 12.9. The zero-order valence-corrected chi connectivity index (χ0v) is 16.4. The second-order valence-electron chi connectivity index (χ2n) is 6.34. The lowest BCUT2D eigenvalue weighted by atomic mass is 10.1. The van der Waals surface area contributed by atoms with Crippen LogP contribution in [0.15, 0.2) is 58.4 Å². The van der Waals surface area contributed by atoms with E-state index in [4.69, 9.17) is 0 Å². The maximum Gasteiger partial charge on any atom is 0.329 e. The molecule has 2 aromatic heterocycles. The molecule has 2 N–H and O–H groups in total. The van der Waals surface area contributed by atoms with Crippen molar-refractivity contribution in [3.05, 3.63) is 75.2 Å². The van der Waals surface area contributed by atoms with Gasteiger partial charge in [-0.2, -0.15) is 11.8 Å². The lowest BCUT2D eigenvalue weighted by Gasteiger charge is -2.18. The van der Waals surface area contributed by atoms with Gasteiger partial charge in [-0.25, -0.2) is 9.36 Å². The number of carbonyl (C=O) groups is 1. The zero-order chi connectivity index (χ0) is 19.9. The van der Waals surface area contributed by atoms with Crippen LogP contribution in [0.3, 0.4) is 0 Å². The summed E-state index contributed by atoms with van der Waals surface area (Å²) < 4.78 is 1.04. The highest BCUT2D eigenvalue weighted by molar-refractivity contribution is 7.98. The van der Waals surface area contributed by atoms with Gasteiger partial charge in [-0.05, 0) is 54.7 Å². The molecule has 1 aromatic carbocycles. The molecular weight excluding hydrogens is 376 g/mol. The number of pyridine rings is 1. The predicted molar refractivity (Wildman–Crippen MR) is 112 cm³/mol. The number of H-pyrrole nitrogens is 1. The number of hydrogen-bond acceptors (Lipinski definition) is 5. The minimum atomic E-state index is -0.856. The number of carbonyl (C=O) groups excluding carboxylic acids is 1. The zero-order valence-electron chi connectivity index (χ0n) is 15.6. The Kier molecular flexibility index (Phi) is 6.65. The molecule has 28 heavy (non-hydrogen) atoms. The molecule has 3 rings (SSSR count). The van der Waals surface area contributed by atoms with Gasteiger partial charge in [0.25, 0.3) is 5.56 Å². The molecule has 7 nitrogen and oxygen atoms in total. The molecule has 8 heteroatoms. The van der Waals surface area contributed by atoms with E-state index in [1.54, 1.807) is 48.4 Å². The van der Waals surface area contributed by atoms with Gasteiger partial charge in [0.1, 0.15) is 6.04 Å². The van der Waals surface area contributed by atoms with E-state index in [2.05, 4.69) is 15.3 Å². The first-order chi connectivity index (χ1) is 13.6. The van der Waals surface area contributed by atoms with Crippen LogP contribution in [0.4, 0.5) is 0 Å². The van der Waals surface area contributed by atoms with Crippen LogP contribution in [0.1, 0.15) is 18.0 Å². The molecule has 0 fully saturated rings. The van der Waals surface area contributed by atoms with Gasteiger partial charge in [-0.3, -0.25) is 14.6 Å². The number of thioether (sulfide) groups is 1. The molecule has 0 aliphatic heterocycles. The normalized spacial score (nSPS) is 12.0. The summed E-state index contributed by atoms with van der Waals surface area (Å²) in [6.07, 6.45) is 6.36. The summed E-state index contributed by atoms with van der Waals surface area (Å²) in [4.78, 5) is 45.0. The highest BCUT2D eigenvalue weighted by atomic mass is 32.2. The Balaban J connectivity index is 1.85. The van der Waals surface area contributed by atoms with Crippen LogP contribution in [0.2, 0.25) is 0 Å². The van der Waals surface area contributed by atoms with Crippen LogP contribution in [0.25, 0.3) is 10.9 Å². The fourth-order valence-corrected chi connectivity index (χ4v) is 3.52. The van der Waals surface area contributed by atoms with Crippen LogP contribution < -0.4 is 16.6 Å². The standard InChI is InChI=1S/C20H22N4O3S/c1-28-13-9-17(18(25)22-12-8-14-6-10-21-11-7-14)24-19(26)15-4-2-3-5-16(15)23-20(24)27/h2-7,10-11,17H,8-9,12-13H2,1H3,(H,22,25)(H,23,27). The van der Waals surface area contributed by atoms with E-state index < -0.39 is 17.3 Å². The van der Waals surface area contributed by atoms with Gasteiger partial charge in [0.15, 0.2) is 0 Å². The largest absolute Gasteiger partial charge is 0.354 e. The van der Waals surface area contributed by atoms with Gasteiger partial charge in [0.05, 0.1) is 10.9 Å². The first-order valence-corrected chi connectivity index (χ1v) is 10.4. The van der Waals surface area contributed by atoms with Crippen molar-refractivity contribution in [1.82, 2.24) is 19.9 Å². The summed E-state index contributed by atoms with van der Waals surface area (Å²) in [7, 11) is 0. The Bertz CT molecular complexity index is 1060. The fourth-order valence-electron chi connectivity index (χ4n) is 3.06. The van der Waals surface area contributed by atoms with Gasteiger partial charge in [0.2, 0.25) is 5.91 Å². The second kappa shape index (κ2) is 9.36. The molecule has 0 aliphatic rings. The lowest BCUT2D eigenvalue weighted by molar-refractivity contribution is -0.124. The topological polar surface area (TPSA) is 96.8 Å². The van der Waals surface area contributed by atoms with Crippen molar-refractivity contribution in [2.24, 2.45) is 0 Å². The molecule has 146 valence electrons. The number of fused-ring (bicyclic) bond motifs is 1. The summed E-state index contributed by atoms with van der Waals surface area (Å²) >= 11 is 1.56. The first-order valence-electron chi connectivity index (χ1n) is 9.01. The second-order valence-corrected chi connectivity index (χ2v) is 7.33. The lowest BCUT2D eigenvalue weighted by Crippen LogP contribution is -2.45. The number of amides is 1. The van der Waals surface area contributed by atoms with E-state index in [1.807, 2.05) is 18.4 Å². The van der Waals surface area contributed by atoms with Gasteiger partial charge < -0.3 is 10.3 Å². The average Bonchev–Trinajstić information content (AvgIpc) is 2.71. The molecule has 0 saturated heterocycles. The van der Waals surface area contributed by atoms with Crippen molar-refractivity contribution in [3.63, 3.8) is 0 Å². The molecule has 1 unspecified atom stereocenters. The summed E-state index contributed by atoms with van der Waals surface area (Å²) in [5.74, 6) is 0.326. The molecule has 0 spiro atoms. The first kappa shape index (κ1) is 19.9. The summed E-state index contributed by atoms with van der Waals surface area (Å²) in [6.45, 7) is 0.416. The molecule has 3 aromatic rings. The van der Waals surface area contributed by atoms with Gasteiger partial charge >= 0.3 is 5.69 Å². The molecule has 2 heterocycles. The third-order valence-electron chi connectivity index (χ3n) is 4.51. The summed E-state index contributed by atoms with van der Waals surface area (Å²) in [5.41, 5.74) is 0.501. The predicted octanol–water partition coefficient (Wildman–Crippen LogP) is 1.74. The third-order valence-corrected chi connectivity index (χ3v) is 5.15. The van der Waals surface area contributed by atoms with Crippen molar-refractivity contribution >= 4 is 28.6 Å². The Morgan fingerprint density at radius 2 is 1.96 bits per heavy atom. The van der Waals surface area contributed by atoms with E-state index in [9.17, 15) is 14.4 Å². The summed E-state index contributed by atoms with van der Waals surface area (Å²) in [5, 5.41) is 3.25. The number of rotatable bonds is 8. The number of nitrogens with zero attached hydrogens (tertiary/aromatic N) is 2. The smallest absolute Gasteiger partial charge is 0.329 e. The number of hydrogen-bond donors (Lipinski definition) is 2. The van der Waals surface area contributed by atoms with Crippen LogP contribution in [0, 0.1) is 0 Å². The van der Waals surface area contributed by atoms with Crippen LogP contribution >= 0.6 is 11.8 Å². The van der Waals surface area contributed by atoms with Gasteiger partial charge in [-0.15, -0.1) is 0 Å².